The van der Waals surface area contributed by atoms with Crippen LogP contribution >= 0.6 is 7.52 Å². The van der Waals surface area contributed by atoms with Gasteiger partial charge in [0.05, 0.1) is 39.6 Å². The number of nitrogens with one attached hydrogen (secondary N) is 3. The second-order valence-corrected chi connectivity index (χ2v) is 23.1. The number of nitrogens with zero attached hydrogens (tertiary/aromatic N) is 2. The molecule has 2 fully saturated rings. The van der Waals surface area contributed by atoms with Gasteiger partial charge in [-0.05, 0) is 38.3 Å². The van der Waals surface area contributed by atoms with Crippen LogP contribution in [0.25, 0.3) is 0 Å². The number of benzene rings is 2. The Kier molecular flexibility index (Phi) is 12.5. The van der Waals surface area contributed by atoms with E-state index in [0.717, 1.165) is 11.1 Å². The highest BCUT2D eigenvalue weighted by atomic mass is 31.2. The number of aromatic nitrogens is 4. The summed E-state index contributed by atoms with van der Waals surface area (Å²) in [6.07, 6.45) is -0.999. The van der Waals surface area contributed by atoms with E-state index in [-0.39, 0.29) is 38.8 Å². The van der Waals surface area contributed by atoms with E-state index in [4.69, 9.17) is 18.7 Å². The van der Waals surface area contributed by atoms with Gasteiger partial charge in [0.25, 0.3) is 18.6 Å². The molecule has 0 aliphatic carbocycles. The van der Waals surface area contributed by atoms with Crippen LogP contribution in [0.15, 0.2) is 92.2 Å². The molecule has 1 unspecified atom stereocenters. The van der Waals surface area contributed by atoms with Crippen molar-refractivity contribution in [3.63, 3.8) is 0 Å². The number of aliphatic hydroxyl groups excluding tert-OH is 1. The molecular formula is C39H52N5O10PSi. The molecule has 2 saturated heterocycles. The predicted octanol–water partition coefficient (Wildman–Crippen LogP) is 3.91. The monoisotopic (exact) mass is 809 g/mol. The molecule has 0 amide bonds. The minimum absolute atomic E-state index is 0.0100. The zero-order chi connectivity index (χ0) is 40.4. The van der Waals surface area contributed by atoms with E-state index in [1.807, 2.05) is 36.4 Å². The molecule has 2 aromatic carbocycles. The fraction of sp³-hybridized carbons (Fsp3) is 0.487. The van der Waals surface area contributed by atoms with E-state index in [1.54, 1.807) is 20.8 Å². The summed E-state index contributed by atoms with van der Waals surface area (Å²) in [7, 11) is -5.98. The van der Waals surface area contributed by atoms with Crippen LogP contribution in [-0.2, 0) is 28.5 Å². The summed E-state index contributed by atoms with van der Waals surface area (Å²) in [5.41, 5.74) is 0.367. The topological polar surface area (TPSA) is 196 Å². The van der Waals surface area contributed by atoms with Crippen LogP contribution in [0.4, 0.5) is 0 Å². The van der Waals surface area contributed by atoms with Crippen LogP contribution < -0.4 is 27.6 Å². The minimum Gasteiger partial charge on any atom is -0.390 e. The number of ether oxygens (including phenoxy) is 3. The van der Waals surface area contributed by atoms with Crippen molar-refractivity contribution < 1.29 is 28.4 Å². The second-order valence-electron chi connectivity index (χ2n) is 15.6. The van der Waals surface area contributed by atoms with Crippen LogP contribution in [0.1, 0.15) is 54.5 Å². The molecule has 4 N–H and O–H groups in total. The summed E-state index contributed by atoms with van der Waals surface area (Å²) < 4.78 is 43.1. The van der Waals surface area contributed by atoms with Crippen LogP contribution in [0.3, 0.4) is 0 Å². The maximum Gasteiger partial charge on any atom is 0.330 e. The van der Waals surface area contributed by atoms with Crippen molar-refractivity contribution in [1.82, 2.24) is 24.2 Å². The minimum atomic E-state index is -3.69. The average molecular weight is 810 g/mol. The smallest absolute Gasteiger partial charge is 0.330 e. The molecule has 0 saturated carbocycles. The van der Waals surface area contributed by atoms with Crippen molar-refractivity contribution in [2.75, 3.05) is 25.9 Å². The van der Waals surface area contributed by atoms with Crippen molar-refractivity contribution in [1.29, 1.82) is 0 Å². The maximum atomic E-state index is 14.7. The Bertz CT molecular complexity index is 2230. The van der Waals surface area contributed by atoms with E-state index in [2.05, 4.69) is 59.0 Å². The lowest BCUT2D eigenvalue weighted by molar-refractivity contribution is -0.0751. The van der Waals surface area contributed by atoms with Gasteiger partial charge in [-0.2, -0.15) is 0 Å². The normalized spacial score (nSPS) is 24.0. The lowest BCUT2D eigenvalue weighted by Gasteiger charge is -2.45. The van der Waals surface area contributed by atoms with Crippen LogP contribution in [0.5, 0.6) is 0 Å². The van der Waals surface area contributed by atoms with Gasteiger partial charge in [-0.1, -0.05) is 80.3 Å². The summed E-state index contributed by atoms with van der Waals surface area (Å²) in [5.74, 6) is -0.459. The summed E-state index contributed by atoms with van der Waals surface area (Å²) in [4.78, 5) is 54.5. The standard InChI is InChI=1S/C39H52N5O10PSi/c1-7-52-55(50,40-20-31-30(45)19-34(53-31)44-22-26(3)36(47)42-38(44)49)24-27-18-33(43-21-25(2)35(46)41-37(43)48)54-32(27)23-51-39(56(4,5)6,28-14-10-8-11-15-28)29-16-12-9-13-17-29/h8-17,21-22,27,30-34,45H,7,18-20,23-24H2,1-6H3,(H,40,50)(H,41,46,48)(H,42,47,49)/t27-,30+,31-,32-,33-,34-,55?/m1/s1. The van der Waals surface area contributed by atoms with Gasteiger partial charge in [0.15, 0.2) is 0 Å². The van der Waals surface area contributed by atoms with E-state index in [1.165, 1.54) is 21.5 Å². The van der Waals surface area contributed by atoms with Gasteiger partial charge in [-0.15, -0.1) is 0 Å². The molecule has 0 radical (unpaired) electrons. The van der Waals surface area contributed by atoms with Crippen molar-refractivity contribution in [2.45, 2.75) is 89.2 Å². The number of aryl methyl sites for hydroxylation is 2. The zero-order valence-corrected chi connectivity index (χ0v) is 34.5. The lowest BCUT2D eigenvalue weighted by atomic mass is 9.99. The Morgan fingerprint density at radius 2 is 1.34 bits per heavy atom. The number of hydrogen-bond acceptors (Lipinski definition) is 10. The van der Waals surface area contributed by atoms with Crippen molar-refractivity contribution in [3.05, 3.63) is 137 Å². The summed E-state index contributed by atoms with van der Waals surface area (Å²) in [6, 6.07) is 20.1. The van der Waals surface area contributed by atoms with Crippen molar-refractivity contribution in [3.8, 4) is 0 Å². The van der Waals surface area contributed by atoms with Gasteiger partial charge in [-0.25, -0.2) is 14.7 Å². The molecule has 15 nitrogen and oxygen atoms in total. The molecule has 6 rings (SSSR count). The number of aromatic amines is 2. The van der Waals surface area contributed by atoms with Gasteiger partial charge in [0, 0.05) is 48.6 Å². The Labute approximate surface area is 325 Å². The highest BCUT2D eigenvalue weighted by Crippen LogP contribution is 2.50. The third-order valence-electron chi connectivity index (χ3n) is 10.7. The van der Waals surface area contributed by atoms with Gasteiger partial charge in [0.1, 0.15) is 17.7 Å². The Balaban J connectivity index is 1.29. The van der Waals surface area contributed by atoms with Crippen LogP contribution in [-0.4, -0.2) is 76.5 Å². The Hall–Kier alpha value is -3.99. The molecule has 302 valence electrons. The first-order chi connectivity index (χ1) is 26.5. The predicted molar refractivity (Wildman–Crippen MR) is 214 cm³/mol. The SMILES string of the molecule is CCOP(=O)(C[C@H]1C[C@H](n2cc(C)c(=O)[nH]c2=O)O[C@@H]1COC(c1ccccc1)(c1ccccc1)[Si](C)(C)C)NC[C@H]1O[C@@H](n2cc(C)c(=O)[nH]c2=O)C[C@@H]1O. The van der Waals surface area contributed by atoms with Crippen molar-refractivity contribution >= 4 is 15.6 Å². The number of aliphatic hydroxyl groups is 1. The van der Waals surface area contributed by atoms with Gasteiger partial charge >= 0.3 is 11.4 Å². The fourth-order valence-corrected chi connectivity index (χ4v) is 12.7. The van der Waals surface area contributed by atoms with Gasteiger partial charge < -0.3 is 23.8 Å². The molecule has 4 aromatic rings. The van der Waals surface area contributed by atoms with Gasteiger partial charge in [-0.3, -0.25) is 33.3 Å². The third kappa shape index (κ3) is 8.62. The zero-order valence-electron chi connectivity index (χ0n) is 32.6. The molecular weight excluding hydrogens is 758 g/mol. The Morgan fingerprint density at radius 1 is 0.839 bits per heavy atom. The largest absolute Gasteiger partial charge is 0.390 e. The average Bonchev–Trinajstić information content (AvgIpc) is 3.73. The third-order valence-corrected chi connectivity index (χ3v) is 15.8. The summed E-state index contributed by atoms with van der Waals surface area (Å²) >= 11 is 0. The maximum absolute atomic E-state index is 14.7. The molecule has 2 aliphatic rings. The number of hydrogen-bond donors (Lipinski definition) is 4. The lowest BCUT2D eigenvalue weighted by Crippen LogP contribution is -2.53. The molecule has 4 heterocycles. The summed E-state index contributed by atoms with van der Waals surface area (Å²) in [5, 5.41) is 13.2. The second kappa shape index (κ2) is 16.8. The molecule has 0 spiro atoms. The first-order valence-electron chi connectivity index (χ1n) is 18.9. The molecule has 56 heavy (non-hydrogen) atoms. The molecule has 17 heteroatoms. The van der Waals surface area contributed by atoms with Crippen LogP contribution in [0, 0.1) is 19.8 Å². The molecule has 2 aromatic heterocycles. The number of H-pyrrole nitrogens is 2. The first kappa shape index (κ1) is 41.6. The molecule has 7 atom stereocenters. The summed E-state index contributed by atoms with van der Waals surface area (Å²) in [6.45, 7) is 11.8. The fourth-order valence-electron chi connectivity index (χ4n) is 7.87. The van der Waals surface area contributed by atoms with Crippen molar-refractivity contribution in [2.24, 2.45) is 5.92 Å². The van der Waals surface area contributed by atoms with E-state index >= 15 is 0 Å². The number of rotatable bonds is 15. The van der Waals surface area contributed by atoms with E-state index in [9.17, 15) is 28.8 Å². The van der Waals surface area contributed by atoms with Gasteiger partial charge in [0.2, 0.25) is 0 Å². The highest BCUT2D eigenvalue weighted by Gasteiger charge is 2.50. The first-order valence-corrected chi connectivity index (χ1v) is 24.2. The van der Waals surface area contributed by atoms with E-state index < -0.39 is 80.0 Å². The quantitative estimate of drug-likeness (QED) is 0.100. The molecule has 2 aliphatic heterocycles. The molecule has 0 bridgehead atoms. The van der Waals surface area contributed by atoms with Crippen LogP contribution in [0.2, 0.25) is 19.6 Å². The highest BCUT2D eigenvalue weighted by molar-refractivity contribution is 7.56. The van der Waals surface area contributed by atoms with E-state index in [0.29, 0.717) is 11.1 Å². The Morgan fingerprint density at radius 3 is 1.84 bits per heavy atom.